The Labute approximate surface area is 226 Å². The minimum Gasteiger partial charge on any atom is -0.497 e. The van der Waals surface area contributed by atoms with Crippen LogP contribution in [0.25, 0.3) is 0 Å². The molecular weight excluding hydrogens is 531 g/mol. The molecule has 0 aliphatic heterocycles. The molecule has 0 spiro atoms. The summed E-state index contributed by atoms with van der Waals surface area (Å²) >= 11 is 1.19. The highest BCUT2D eigenvalue weighted by atomic mass is 32.2. The molecule has 0 radical (unpaired) electrons. The lowest BCUT2D eigenvalue weighted by Crippen LogP contribution is -2.35. The fourth-order valence-electron chi connectivity index (χ4n) is 3.84. The van der Waals surface area contributed by atoms with Gasteiger partial charge in [0.1, 0.15) is 28.0 Å². The molecule has 1 aromatic heterocycles. The second-order valence-corrected chi connectivity index (χ2v) is 12.4. The van der Waals surface area contributed by atoms with E-state index in [0.717, 1.165) is 0 Å². The third-order valence-electron chi connectivity index (χ3n) is 6.03. The van der Waals surface area contributed by atoms with Gasteiger partial charge in [0, 0.05) is 17.2 Å². The van der Waals surface area contributed by atoms with Crippen LogP contribution in [-0.4, -0.2) is 60.3 Å². The molecule has 0 aliphatic rings. The first-order valence-corrected chi connectivity index (χ1v) is 14.7. The van der Waals surface area contributed by atoms with Gasteiger partial charge in [0.25, 0.3) is 5.91 Å². The Hall–Kier alpha value is -3.15. The summed E-state index contributed by atoms with van der Waals surface area (Å²) in [6.45, 7) is 3.35. The van der Waals surface area contributed by atoms with Gasteiger partial charge in [0.05, 0.1) is 13.7 Å². The van der Waals surface area contributed by atoms with Crippen LogP contribution >= 0.6 is 11.3 Å². The topological polar surface area (TPSA) is 114 Å². The van der Waals surface area contributed by atoms with E-state index in [4.69, 9.17) is 4.74 Å². The number of aliphatic hydroxyl groups is 1. The molecule has 3 rings (SSSR count). The lowest BCUT2D eigenvalue weighted by molar-refractivity contribution is -0.141. The van der Waals surface area contributed by atoms with Crippen molar-refractivity contribution in [3.8, 4) is 5.75 Å². The predicted molar refractivity (Wildman–Crippen MR) is 144 cm³/mol. The Morgan fingerprint density at radius 3 is 2.47 bits per heavy atom. The van der Waals surface area contributed by atoms with Crippen LogP contribution in [0.1, 0.15) is 50.9 Å². The van der Waals surface area contributed by atoms with E-state index in [1.54, 1.807) is 49.4 Å². The molecule has 0 fully saturated rings. The number of rotatable bonds is 13. The van der Waals surface area contributed by atoms with Crippen LogP contribution in [-0.2, 0) is 27.6 Å². The van der Waals surface area contributed by atoms with Gasteiger partial charge in [0.15, 0.2) is 21.7 Å². The van der Waals surface area contributed by atoms with Gasteiger partial charge in [-0.2, -0.15) is 0 Å². The van der Waals surface area contributed by atoms with E-state index in [-0.39, 0.29) is 30.4 Å². The molecule has 0 saturated heterocycles. The number of ketones is 1. The number of aromatic nitrogens is 1. The predicted octanol–water partition coefficient (Wildman–Crippen LogP) is 3.91. The lowest BCUT2D eigenvalue weighted by Gasteiger charge is -2.25. The third-order valence-corrected chi connectivity index (χ3v) is 8.57. The van der Waals surface area contributed by atoms with Gasteiger partial charge in [-0.1, -0.05) is 37.3 Å². The number of hydrogen-bond acceptors (Lipinski definition) is 8. The Morgan fingerprint density at radius 1 is 1.16 bits per heavy atom. The van der Waals surface area contributed by atoms with Gasteiger partial charge in [-0.3, -0.25) is 9.59 Å². The van der Waals surface area contributed by atoms with Crippen LogP contribution in [0, 0.1) is 12.7 Å². The summed E-state index contributed by atoms with van der Waals surface area (Å²) < 4.78 is 43.0. The van der Waals surface area contributed by atoms with Gasteiger partial charge in [-0.15, -0.1) is 11.3 Å². The van der Waals surface area contributed by atoms with E-state index in [1.807, 2.05) is 0 Å². The molecule has 1 heterocycles. The summed E-state index contributed by atoms with van der Waals surface area (Å²) in [4.78, 5) is 32.2. The second-order valence-electron chi connectivity index (χ2n) is 8.74. The van der Waals surface area contributed by atoms with Gasteiger partial charge in [-0.25, -0.2) is 17.8 Å². The minimum atomic E-state index is -3.52. The molecule has 8 nitrogen and oxygen atoms in total. The fraction of sp³-hybridized carbons (Fsp3) is 0.370. The second kappa shape index (κ2) is 13.1. The van der Waals surface area contributed by atoms with Gasteiger partial charge < -0.3 is 14.7 Å². The Morgan fingerprint density at radius 2 is 1.84 bits per heavy atom. The molecule has 0 aliphatic carbocycles. The summed E-state index contributed by atoms with van der Waals surface area (Å²) in [6.07, 6.45) is -0.650. The van der Waals surface area contributed by atoms with Crippen molar-refractivity contribution in [1.29, 1.82) is 0 Å². The number of benzene rings is 2. The molecule has 11 heteroatoms. The number of methoxy groups -OCH3 is 1. The molecule has 2 aromatic carbocycles. The first-order valence-electron chi connectivity index (χ1n) is 12.1. The fourth-order valence-corrected chi connectivity index (χ4v) is 5.55. The van der Waals surface area contributed by atoms with Crippen LogP contribution in [0.3, 0.4) is 0 Å². The van der Waals surface area contributed by atoms with Crippen molar-refractivity contribution in [2.45, 2.75) is 39.3 Å². The number of hydrogen-bond donors (Lipinski definition) is 1. The number of carbonyl (C=O) groups is 2. The van der Waals surface area contributed by atoms with Crippen LogP contribution in [0.2, 0.25) is 0 Å². The van der Waals surface area contributed by atoms with Crippen LogP contribution in [0.5, 0.6) is 5.75 Å². The highest BCUT2D eigenvalue weighted by molar-refractivity contribution is 7.92. The van der Waals surface area contributed by atoms with Crippen molar-refractivity contribution in [3.63, 3.8) is 0 Å². The smallest absolute Gasteiger partial charge is 0.256 e. The maximum Gasteiger partial charge on any atom is 0.256 e. The van der Waals surface area contributed by atoms with Gasteiger partial charge >= 0.3 is 0 Å². The first kappa shape index (κ1) is 29.4. The molecule has 0 unspecified atom stereocenters. The number of amides is 1. The van der Waals surface area contributed by atoms with E-state index in [2.05, 4.69) is 4.98 Å². The normalized spacial score (nSPS) is 12.2. The van der Waals surface area contributed by atoms with Crippen LogP contribution in [0.4, 0.5) is 4.39 Å². The summed E-state index contributed by atoms with van der Waals surface area (Å²) in [5.41, 5.74) is 0.966. The van der Waals surface area contributed by atoms with E-state index in [1.165, 1.54) is 36.3 Å². The zero-order valence-electron chi connectivity index (χ0n) is 21.5. The Bertz CT molecular complexity index is 1370. The van der Waals surface area contributed by atoms with Gasteiger partial charge in [0.2, 0.25) is 0 Å². The summed E-state index contributed by atoms with van der Waals surface area (Å²) in [7, 11) is -2.01. The SMILES string of the molecule is CCS(=O)(=O)CC(=O)c1nc(CN(CCCc2ccccc2F)C(=O)[C@H](O)c2ccc(OC)cc2)sc1C. The quantitative estimate of drug-likeness (QED) is 0.314. The summed E-state index contributed by atoms with van der Waals surface area (Å²) in [6, 6.07) is 12.9. The van der Waals surface area contributed by atoms with Crippen molar-refractivity contribution in [1.82, 2.24) is 9.88 Å². The maximum atomic E-state index is 14.1. The molecule has 3 aromatic rings. The Kier molecular flexibility index (Phi) is 10.1. The van der Waals surface area contributed by atoms with Crippen LogP contribution in [0.15, 0.2) is 48.5 Å². The highest BCUT2D eigenvalue weighted by Gasteiger charge is 2.27. The zero-order chi connectivity index (χ0) is 27.9. The Balaban J connectivity index is 1.81. The molecule has 0 saturated carbocycles. The molecule has 0 bridgehead atoms. The average molecular weight is 563 g/mol. The number of sulfone groups is 1. The van der Waals surface area contributed by atoms with Crippen molar-refractivity contribution in [2.75, 3.05) is 25.2 Å². The van der Waals surface area contributed by atoms with E-state index < -0.39 is 33.4 Å². The van der Waals surface area contributed by atoms with Crippen molar-refractivity contribution >= 4 is 32.9 Å². The molecule has 38 heavy (non-hydrogen) atoms. The number of aliphatic hydroxyl groups excluding tert-OH is 1. The van der Waals surface area contributed by atoms with Crippen molar-refractivity contribution < 1.29 is 32.2 Å². The first-order chi connectivity index (χ1) is 18.0. The molecular formula is C27H31FN2O6S2. The summed E-state index contributed by atoms with van der Waals surface area (Å²) in [5.74, 6) is -1.70. The van der Waals surface area contributed by atoms with Crippen molar-refractivity contribution in [3.05, 3.63) is 81.1 Å². The highest BCUT2D eigenvalue weighted by Crippen LogP contribution is 2.24. The number of thiazole rings is 1. The van der Waals surface area contributed by atoms with E-state index in [0.29, 0.717) is 39.6 Å². The number of aryl methyl sites for hydroxylation is 2. The maximum absolute atomic E-state index is 14.1. The monoisotopic (exact) mass is 562 g/mol. The number of carbonyl (C=O) groups excluding carboxylic acids is 2. The summed E-state index contributed by atoms with van der Waals surface area (Å²) in [5, 5.41) is 11.3. The minimum absolute atomic E-state index is 0.00261. The molecule has 1 N–H and O–H groups in total. The molecule has 204 valence electrons. The number of halogens is 1. The average Bonchev–Trinajstić information content (AvgIpc) is 3.28. The number of Topliss-reactive ketones (excluding diaryl/α,β-unsaturated/α-hetero) is 1. The largest absolute Gasteiger partial charge is 0.497 e. The van der Waals surface area contributed by atoms with Crippen LogP contribution < -0.4 is 4.74 Å². The van der Waals surface area contributed by atoms with E-state index >= 15 is 0 Å². The lowest BCUT2D eigenvalue weighted by atomic mass is 10.1. The molecule has 1 atom stereocenters. The van der Waals surface area contributed by atoms with Gasteiger partial charge in [-0.05, 0) is 49.1 Å². The number of nitrogens with zero attached hydrogens (tertiary/aromatic N) is 2. The zero-order valence-corrected chi connectivity index (χ0v) is 23.1. The van der Waals surface area contributed by atoms with Crippen molar-refractivity contribution in [2.24, 2.45) is 0 Å². The number of ether oxygens (including phenoxy) is 1. The third kappa shape index (κ3) is 7.68. The molecule has 1 amide bonds. The standard InChI is InChI=1S/C27H31FN2O6S2/c1-4-38(34,35)17-23(31)25-18(2)37-24(29-25)16-30(15-7-9-19-8-5-6-10-22(19)28)27(33)26(32)20-11-13-21(36-3)14-12-20/h5-6,8,10-14,26,32H,4,7,9,15-17H2,1-3H3/t26-/m1/s1. The van der Waals surface area contributed by atoms with E-state index in [9.17, 15) is 27.5 Å².